The van der Waals surface area contributed by atoms with Gasteiger partial charge >= 0.3 is 6.03 Å². The molecule has 2 amide bonds. The number of rotatable bonds is 5. The van der Waals surface area contributed by atoms with Crippen molar-refractivity contribution in [2.45, 2.75) is 6.54 Å². The molecule has 0 aliphatic carbocycles. The van der Waals surface area contributed by atoms with Crippen LogP contribution in [0.3, 0.4) is 0 Å². The highest BCUT2D eigenvalue weighted by atomic mass is 19.1. The van der Waals surface area contributed by atoms with Gasteiger partial charge in [0.2, 0.25) is 0 Å². The number of aromatic nitrogens is 1. The first-order valence-electron chi connectivity index (χ1n) is 9.17. The number of amides is 2. The maximum absolute atomic E-state index is 14.1. The van der Waals surface area contributed by atoms with Crippen LogP contribution in [-0.2, 0) is 6.54 Å². The van der Waals surface area contributed by atoms with E-state index in [2.05, 4.69) is 15.8 Å². The lowest BCUT2D eigenvalue weighted by atomic mass is 10.2. The lowest BCUT2D eigenvalue weighted by Gasteiger charge is -2.06. The van der Waals surface area contributed by atoms with Gasteiger partial charge in [-0.25, -0.2) is 14.6 Å². The highest BCUT2D eigenvalue weighted by Gasteiger charge is 2.09. The van der Waals surface area contributed by atoms with Crippen LogP contribution in [-0.4, -0.2) is 16.8 Å². The molecule has 0 aliphatic rings. The first-order valence-corrected chi connectivity index (χ1v) is 9.17. The molecular weight excluding hydrogens is 367 g/mol. The van der Waals surface area contributed by atoms with Crippen LogP contribution >= 0.6 is 0 Å². The molecular formula is C23H19FN4O. The maximum Gasteiger partial charge on any atom is 0.339 e. The average molecular weight is 386 g/mol. The molecule has 144 valence electrons. The Kier molecular flexibility index (Phi) is 5.33. The number of anilines is 1. The minimum Gasteiger partial charge on any atom is -0.342 e. The van der Waals surface area contributed by atoms with E-state index in [1.807, 2.05) is 59.3 Å². The van der Waals surface area contributed by atoms with Crippen molar-refractivity contribution in [1.82, 2.24) is 9.99 Å². The fourth-order valence-electron chi connectivity index (χ4n) is 3.16. The Morgan fingerprint density at radius 2 is 1.69 bits per heavy atom. The number of para-hydroxylation sites is 2. The number of nitrogens with one attached hydrogen (secondary N) is 2. The van der Waals surface area contributed by atoms with Crippen LogP contribution in [0, 0.1) is 5.82 Å². The minimum atomic E-state index is -0.428. The van der Waals surface area contributed by atoms with E-state index in [0.717, 1.165) is 16.5 Å². The van der Waals surface area contributed by atoms with Gasteiger partial charge in [0.25, 0.3) is 0 Å². The van der Waals surface area contributed by atoms with E-state index in [4.69, 9.17) is 0 Å². The van der Waals surface area contributed by atoms with E-state index in [9.17, 15) is 9.18 Å². The summed E-state index contributed by atoms with van der Waals surface area (Å²) >= 11 is 0. The summed E-state index contributed by atoms with van der Waals surface area (Å²) in [6.45, 7) is 0.406. The molecule has 6 heteroatoms. The molecule has 0 radical (unpaired) electrons. The summed E-state index contributed by atoms with van der Waals surface area (Å²) in [5.74, 6) is -0.236. The van der Waals surface area contributed by atoms with Crippen molar-refractivity contribution < 1.29 is 9.18 Å². The average Bonchev–Trinajstić information content (AvgIpc) is 3.08. The second-order valence-corrected chi connectivity index (χ2v) is 6.51. The summed E-state index contributed by atoms with van der Waals surface area (Å²) < 4.78 is 16.0. The van der Waals surface area contributed by atoms with E-state index in [0.29, 0.717) is 17.8 Å². The highest BCUT2D eigenvalue weighted by molar-refractivity contribution is 6.00. The van der Waals surface area contributed by atoms with E-state index >= 15 is 0 Å². The Morgan fingerprint density at radius 1 is 0.966 bits per heavy atom. The first-order chi connectivity index (χ1) is 14.2. The third-order valence-electron chi connectivity index (χ3n) is 4.52. The molecule has 0 unspecified atom stereocenters. The summed E-state index contributed by atoms with van der Waals surface area (Å²) in [5, 5.41) is 7.72. The van der Waals surface area contributed by atoms with Gasteiger partial charge in [-0.1, -0.05) is 54.6 Å². The topological polar surface area (TPSA) is 58.4 Å². The summed E-state index contributed by atoms with van der Waals surface area (Å²) in [6.07, 6.45) is 3.49. The van der Waals surface area contributed by atoms with Crippen molar-refractivity contribution in [2.75, 3.05) is 5.32 Å². The number of benzene rings is 3. The van der Waals surface area contributed by atoms with E-state index in [-0.39, 0.29) is 5.82 Å². The van der Waals surface area contributed by atoms with Crippen molar-refractivity contribution in [2.24, 2.45) is 5.10 Å². The molecule has 5 nitrogen and oxygen atoms in total. The molecule has 0 saturated carbocycles. The molecule has 0 spiro atoms. The number of hydrazone groups is 1. The SMILES string of the molecule is O=C(N/N=C\c1cn(Cc2ccccc2F)c2ccccc12)Nc1ccccc1. The van der Waals surface area contributed by atoms with Crippen LogP contribution in [0.4, 0.5) is 14.9 Å². The summed E-state index contributed by atoms with van der Waals surface area (Å²) in [5.41, 5.74) is 5.55. The Morgan fingerprint density at radius 3 is 2.52 bits per heavy atom. The number of carbonyl (C=O) groups is 1. The molecule has 3 aromatic carbocycles. The van der Waals surface area contributed by atoms with E-state index < -0.39 is 6.03 Å². The van der Waals surface area contributed by atoms with E-state index in [1.165, 1.54) is 6.07 Å². The Bertz CT molecular complexity index is 1170. The Labute approximate surface area is 167 Å². The lowest BCUT2D eigenvalue weighted by Crippen LogP contribution is -2.24. The molecule has 1 heterocycles. The zero-order chi connectivity index (χ0) is 20.1. The molecule has 4 aromatic rings. The lowest BCUT2D eigenvalue weighted by molar-refractivity contribution is 0.252. The van der Waals surface area contributed by atoms with Crippen LogP contribution in [0.1, 0.15) is 11.1 Å². The van der Waals surface area contributed by atoms with Gasteiger partial charge < -0.3 is 9.88 Å². The molecule has 1 aromatic heterocycles. The molecule has 0 bridgehead atoms. The predicted octanol–water partition coefficient (Wildman–Crippen LogP) is 4.98. The standard InChI is InChI=1S/C23H19FN4O/c24-21-12-6-4-8-17(21)15-28-16-18(20-11-5-7-13-22(20)28)14-25-27-23(29)26-19-9-2-1-3-10-19/h1-14,16H,15H2,(H2,26,27,29)/b25-14-. The van der Waals surface area contributed by atoms with Gasteiger partial charge in [0.05, 0.1) is 12.8 Å². The summed E-state index contributed by atoms with van der Waals surface area (Å²) in [4.78, 5) is 12.0. The van der Waals surface area contributed by atoms with Crippen molar-refractivity contribution >= 4 is 28.8 Å². The number of nitrogens with zero attached hydrogens (tertiary/aromatic N) is 2. The van der Waals surface area contributed by atoms with Gasteiger partial charge in [-0.3, -0.25) is 0 Å². The monoisotopic (exact) mass is 386 g/mol. The van der Waals surface area contributed by atoms with Crippen molar-refractivity contribution in [3.63, 3.8) is 0 Å². The molecule has 0 fully saturated rings. The number of fused-ring (bicyclic) bond motifs is 1. The van der Waals surface area contributed by atoms with Gasteiger partial charge in [0, 0.05) is 33.9 Å². The zero-order valence-electron chi connectivity index (χ0n) is 15.5. The fraction of sp³-hybridized carbons (Fsp3) is 0.0435. The van der Waals surface area contributed by atoms with Crippen LogP contribution in [0.5, 0.6) is 0 Å². The minimum absolute atomic E-state index is 0.236. The van der Waals surface area contributed by atoms with Gasteiger partial charge in [0.15, 0.2) is 0 Å². The maximum atomic E-state index is 14.1. The first kappa shape index (κ1) is 18.4. The van der Waals surface area contributed by atoms with Crippen LogP contribution in [0.25, 0.3) is 10.9 Å². The van der Waals surface area contributed by atoms with Crippen LogP contribution in [0.2, 0.25) is 0 Å². The summed E-state index contributed by atoms with van der Waals surface area (Å²) in [6, 6.07) is 23.2. The van der Waals surface area contributed by atoms with Crippen LogP contribution < -0.4 is 10.7 Å². The fourth-order valence-corrected chi connectivity index (χ4v) is 3.16. The Balaban J connectivity index is 1.52. The largest absolute Gasteiger partial charge is 0.342 e. The van der Waals surface area contributed by atoms with Crippen molar-refractivity contribution in [1.29, 1.82) is 0 Å². The molecule has 29 heavy (non-hydrogen) atoms. The van der Waals surface area contributed by atoms with Gasteiger partial charge in [-0.2, -0.15) is 5.10 Å². The van der Waals surface area contributed by atoms with E-state index in [1.54, 1.807) is 30.5 Å². The summed E-state index contributed by atoms with van der Waals surface area (Å²) in [7, 11) is 0. The second-order valence-electron chi connectivity index (χ2n) is 6.51. The number of hydrogen-bond donors (Lipinski definition) is 2. The number of carbonyl (C=O) groups excluding carboxylic acids is 1. The number of hydrogen-bond acceptors (Lipinski definition) is 2. The predicted molar refractivity (Wildman–Crippen MR) is 114 cm³/mol. The van der Waals surface area contributed by atoms with Gasteiger partial charge in [-0.05, 0) is 24.3 Å². The number of halogens is 1. The van der Waals surface area contributed by atoms with Crippen molar-refractivity contribution in [3.05, 3.63) is 102 Å². The molecule has 0 atom stereocenters. The highest BCUT2D eigenvalue weighted by Crippen LogP contribution is 2.22. The quantitative estimate of drug-likeness (QED) is 0.369. The zero-order valence-corrected chi connectivity index (χ0v) is 15.5. The Hall–Kier alpha value is -3.93. The third-order valence-corrected chi connectivity index (χ3v) is 4.52. The van der Waals surface area contributed by atoms with Crippen molar-refractivity contribution in [3.8, 4) is 0 Å². The smallest absolute Gasteiger partial charge is 0.339 e. The second kappa shape index (κ2) is 8.39. The van der Waals surface area contributed by atoms with Gasteiger partial charge in [-0.15, -0.1) is 0 Å². The molecule has 2 N–H and O–H groups in total. The van der Waals surface area contributed by atoms with Gasteiger partial charge in [0.1, 0.15) is 5.82 Å². The molecule has 4 rings (SSSR count). The van der Waals surface area contributed by atoms with Crippen LogP contribution in [0.15, 0.2) is 90.2 Å². The normalized spacial score (nSPS) is 11.1. The number of urea groups is 1. The third kappa shape index (κ3) is 4.32. The molecule has 0 aliphatic heterocycles. The molecule has 0 saturated heterocycles.